The molecule has 0 aromatic heterocycles. The molecule has 0 bridgehead atoms. The van der Waals surface area contributed by atoms with Gasteiger partial charge < -0.3 is 19.5 Å². The molecule has 1 aliphatic heterocycles. The van der Waals surface area contributed by atoms with Crippen molar-refractivity contribution >= 4 is 11.9 Å². The maximum absolute atomic E-state index is 12.4. The molecule has 6 heteroatoms. The molecule has 0 saturated heterocycles. The maximum Gasteiger partial charge on any atom is 0.326 e. The van der Waals surface area contributed by atoms with Crippen LogP contribution in [0.4, 0.5) is 0 Å². The minimum atomic E-state index is -0.948. The smallest absolute Gasteiger partial charge is 0.326 e. The van der Waals surface area contributed by atoms with Gasteiger partial charge in [-0.25, -0.2) is 4.79 Å². The Balaban J connectivity index is 1.67. The van der Waals surface area contributed by atoms with Gasteiger partial charge in [-0.2, -0.15) is 0 Å². The lowest BCUT2D eigenvalue weighted by Gasteiger charge is -2.30. The number of carbonyl (C=O) groups excluding carboxylic acids is 1. The van der Waals surface area contributed by atoms with Crippen molar-refractivity contribution in [1.82, 2.24) is 4.90 Å². The minimum absolute atomic E-state index is 0.167. The van der Waals surface area contributed by atoms with Crippen molar-refractivity contribution in [3.63, 3.8) is 0 Å². The molecule has 2 aliphatic rings. The quantitative estimate of drug-likeness (QED) is 0.809. The molecule has 1 aromatic carbocycles. The van der Waals surface area contributed by atoms with Gasteiger partial charge in [0.15, 0.2) is 11.5 Å². The number of methoxy groups -OCH3 is 1. The van der Waals surface area contributed by atoms with E-state index in [0.717, 1.165) is 25.7 Å². The van der Waals surface area contributed by atoms with Crippen molar-refractivity contribution in [2.24, 2.45) is 5.92 Å². The van der Waals surface area contributed by atoms with Crippen molar-refractivity contribution in [1.29, 1.82) is 0 Å². The van der Waals surface area contributed by atoms with Crippen molar-refractivity contribution in [2.45, 2.75) is 44.6 Å². The lowest BCUT2D eigenvalue weighted by atomic mass is 9.84. The van der Waals surface area contributed by atoms with Crippen molar-refractivity contribution in [3.05, 3.63) is 36.1 Å². The third-order valence-corrected chi connectivity index (χ3v) is 5.15. The molecule has 1 aromatic rings. The van der Waals surface area contributed by atoms with Gasteiger partial charge in [0.25, 0.3) is 5.91 Å². The van der Waals surface area contributed by atoms with Crippen LogP contribution in [0.2, 0.25) is 0 Å². The van der Waals surface area contributed by atoms with Gasteiger partial charge in [-0.1, -0.05) is 44.2 Å². The second kappa shape index (κ2) is 8.25. The predicted octanol–water partition coefficient (Wildman–Crippen LogP) is 3.22. The first kappa shape index (κ1) is 18.3. The van der Waals surface area contributed by atoms with Crippen molar-refractivity contribution < 1.29 is 24.2 Å². The lowest BCUT2D eigenvalue weighted by molar-refractivity contribution is -0.148. The van der Waals surface area contributed by atoms with E-state index in [1.807, 2.05) is 12.1 Å². The average Bonchev–Trinajstić information content (AvgIpc) is 3.00. The minimum Gasteiger partial charge on any atom is -0.493 e. The van der Waals surface area contributed by atoms with Gasteiger partial charge >= 0.3 is 5.97 Å². The molecule has 1 heterocycles. The Hall–Kier alpha value is -2.50. The summed E-state index contributed by atoms with van der Waals surface area (Å²) < 4.78 is 11.0. The standard InChI is InChI=1S/C20H25NO5/c1-25-17-9-5-6-10-18(17)26-15-12-19(22)21(13-15)16(20(23)24)11-14-7-3-2-4-8-14/h5-6,9-10,12,14,16H,2-4,7-8,11,13H2,1H3,(H,23,24). The van der Waals surface area contributed by atoms with Gasteiger partial charge in [-0.3, -0.25) is 4.79 Å². The first-order valence-electron chi connectivity index (χ1n) is 9.13. The van der Waals surface area contributed by atoms with Crippen LogP contribution in [-0.4, -0.2) is 41.6 Å². The van der Waals surface area contributed by atoms with E-state index in [0.29, 0.717) is 29.6 Å². The van der Waals surface area contributed by atoms with E-state index < -0.39 is 12.0 Å². The molecule has 0 spiro atoms. The van der Waals surface area contributed by atoms with Gasteiger partial charge in [0.05, 0.1) is 13.7 Å². The summed E-state index contributed by atoms with van der Waals surface area (Å²) in [5, 5.41) is 9.66. The molecule has 140 valence electrons. The highest BCUT2D eigenvalue weighted by Gasteiger charge is 2.36. The Bertz CT molecular complexity index is 693. The summed E-state index contributed by atoms with van der Waals surface area (Å²) in [6.07, 6.45) is 7.49. The Morgan fingerprint density at radius 1 is 1.23 bits per heavy atom. The highest BCUT2D eigenvalue weighted by atomic mass is 16.5. The Morgan fingerprint density at radius 3 is 2.58 bits per heavy atom. The largest absolute Gasteiger partial charge is 0.493 e. The van der Waals surface area contributed by atoms with Crippen LogP contribution < -0.4 is 9.47 Å². The summed E-state index contributed by atoms with van der Waals surface area (Å²) in [7, 11) is 1.55. The number of aliphatic carboxylic acids is 1. The average molecular weight is 359 g/mol. The lowest BCUT2D eigenvalue weighted by Crippen LogP contribution is -2.44. The number of nitrogens with zero attached hydrogens (tertiary/aromatic N) is 1. The highest BCUT2D eigenvalue weighted by molar-refractivity contribution is 5.94. The van der Waals surface area contributed by atoms with E-state index in [-0.39, 0.29) is 12.5 Å². The summed E-state index contributed by atoms with van der Waals surface area (Å²) in [5.74, 6) is 0.631. The molecule has 1 N–H and O–H groups in total. The topological polar surface area (TPSA) is 76.1 Å². The third-order valence-electron chi connectivity index (χ3n) is 5.15. The monoisotopic (exact) mass is 359 g/mol. The molecule has 0 radical (unpaired) electrons. The number of rotatable bonds is 7. The summed E-state index contributed by atoms with van der Waals surface area (Å²) in [6, 6.07) is 6.37. The molecule has 3 rings (SSSR count). The molecule has 1 amide bonds. The van der Waals surface area contributed by atoms with Crippen LogP contribution in [0.15, 0.2) is 36.1 Å². The number of hydrogen-bond donors (Lipinski definition) is 1. The van der Waals surface area contributed by atoms with Crippen molar-refractivity contribution in [2.75, 3.05) is 13.7 Å². The molecule has 1 fully saturated rings. The second-order valence-electron chi connectivity index (χ2n) is 6.92. The first-order chi connectivity index (χ1) is 12.6. The fourth-order valence-electron chi connectivity index (χ4n) is 3.78. The van der Waals surface area contributed by atoms with Gasteiger partial charge in [0, 0.05) is 6.08 Å². The first-order valence-corrected chi connectivity index (χ1v) is 9.13. The molecule has 1 saturated carbocycles. The second-order valence-corrected chi connectivity index (χ2v) is 6.92. The summed E-state index contributed by atoms with van der Waals surface area (Å²) in [4.78, 5) is 25.6. The van der Waals surface area contributed by atoms with Gasteiger partial charge in [-0.05, 0) is 24.5 Å². The molecular formula is C20H25NO5. The van der Waals surface area contributed by atoms with E-state index in [2.05, 4.69) is 0 Å². The van der Waals surface area contributed by atoms with Crippen LogP contribution in [0.5, 0.6) is 11.5 Å². The molecule has 1 unspecified atom stereocenters. The van der Waals surface area contributed by atoms with Crippen LogP contribution in [0.1, 0.15) is 38.5 Å². The summed E-state index contributed by atoms with van der Waals surface area (Å²) >= 11 is 0. The van der Waals surface area contributed by atoms with Crippen LogP contribution >= 0.6 is 0 Å². The van der Waals surface area contributed by atoms with Gasteiger partial charge in [-0.15, -0.1) is 0 Å². The van der Waals surface area contributed by atoms with E-state index in [1.165, 1.54) is 17.4 Å². The molecule has 1 atom stereocenters. The zero-order valence-corrected chi connectivity index (χ0v) is 15.0. The number of ether oxygens (including phenoxy) is 2. The fourth-order valence-corrected chi connectivity index (χ4v) is 3.78. The molecule has 26 heavy (non-hydrogen) atoms. The Morgan fingerprint density at radius 2 is 1.92 bits per heavy atom. The van der Waals surface area contributed by atoms with E-state index >= 15 is 0 Å². The third kappa shape index (κ3) is 4.18. The zero-order chi connectivity index (χ0) is 18.5. The van der Waals surface area contributed by atoms with Gasteiger partial charge in [0.2, 0.25) is 0 Å². The van der Waals surface area contributed by atoms with Crippen LogP contribution in [-0.2, 0) is 9.59 Å². The highest BCUT2D eigenvalue weighted by Crippen LogP contribution is 2.32. The summed E-state index contributed by atoms with van der Waals surface area (Å²) in [5.41, 5.74) is 0. The van der Waals surface area contributed by atoms with Crippen LogP contribution in [0, 0.1) is 5.92 Å². The molecular weight excluding hydrogens is 334 g/mol. The van der Waals surface area contributed by atoms with E-state index in [1.54, 1.807) is 19.2 Å². The number of hydrogen-bond acceptors (Lipinski definition) is 4. The molecule has 1 aliphatic carbocycles. The van der Waals surface area contributed by atoms with Crippen LogP contribution in [0.25, 0.3) is 0 Å². The normalized spacial score (nSPS) is 19.2. The predicted molar refractivity (Wildman–Crippen MR) is 96.0 cm³/mol. The number of para-hydroxylation sites is 2. The Labute approximate surface area is 153 Å². The van der Waals surface area contributed by atoms with Crippen molar-refractivity contribution in [3.8, 4) is 11.5 Å². The fraction of sp³-hybridized carbons (Fsp3) is 0.500. The van der Waals surface area contributed by atoms with Crippen LogP contribution in [0.3, 0.4) is 0 Å². The number of carbonyl (C=O) groups is 2. The number of carboxylic acids is 1. The number of amides is 1. The summed E-state index contributed by atoms with van der Waals surface area (Å²) in [6.45, 7) is 0.167. The van der Waals surface area contributed by atoms with Gasteiger partial charge in [0.1, 0.15) is 11.8 Å². The van der Waals surface area contributed by atoms with E-state index in [9.17, 15) is 14.7 Å². The van der Waals surface area contributed by atoms with E-state index in [4.69, 9.17) is 9.47 Å². The number of carboxylic acid groups (broad SMARTS) is 1. The SMILES string of the molecule is COc1ccccc1OC1=CC(=O)N(C(CC2CCCCC2)C(=O)O)C1. The molecule has 6 nitrogen and oxygen atoms in total. The Kier molecular flexibility index (Phi) is 5.81. The maximum atomic E-state index is 12.4. The number of benzene rings is 1. The zero-order valence-electron chi connectivity index (χ0n) is 15.0.